The minimum atomic E-state index is 0.398. The van der Waals surface area contributed by atoms with E-state index in [0.29, 0.717) is 17.3 Å². The molecule has 0 spiro atoms. The van der Waals surface area contributed by atoms with E-state index in [-0.39, 0.29) is 0 Å². The van der Waals surface area contributed by atoms with E-state index in [0.717, 1.165) is 12.2 Å². The number of nitrogens with zero attached hydrogens (tertiary/aromatic N) is 2. The summed E-state index contributed by atoms with van der Waals surface area (Å²) in [7, 11) is 0. The molecule has 11 heavy (non-hydrogen) atoms. The van der Waals surface area contributed by atoms with Gasteiger partial charge in [0.25, 0.3) is 0 Å². The van der Waals surface area contributed by atoms with E-state index >= 15 is 0 Å². The Bertz CT molecular complexity index is 280. The minimum Gasteiger partial charge on any atom is -0.325 e. The van der Waals surface area contributed by atoms with Crippen LogP contribution in [0.4, 0.5) is 0 Å². The molecule has 1 rings (SSSR count). The van der Waals surface area contributed by atoms with Crippen LogP contribution in [0, 0.1) is 6.92 Å². The van der Waals surface area contributed by atoms with Gasteiger partial charge in [-0.2, -0.15) is 0 Å². The third-order valence-corrected chi connectivity index (χ3v) is 1.97. The van der Waals surface area contributed by atoms with Gasteiger partial charge in [-0.25, -0.2) is 4.98 Å². The lowest BCUT2D eigenvalue weighted by Gasteiger charge is -2.00. The second kappa shape index (κ2) is 3.05. The van der Waals surface area contributed by atoms with Gasteiger partial charge in [0.05, 0.1) is 5.69 Å². The standard InChI is InChI=1S/C7H9ClN2O/c1-3-10-5(2)7(8)9-6(10)4-11/h4H,3H2,1-2H3. The highest BCUT2D eigenvalue weighted by Crippen LogP contribution is 2.14. The van der Waals surface area contributed by atoms with Crippen molar-refractivity contribution in [1.82, 2.24) is 9.55 Å². The SMILES string of the molecule is CCn1c(C=O)nc(Cl)c1C. The van der Waals surface area contributed by atoms with Crippen molar-refractivity contribution in [1.29, 1.82) is 0 Å². The molecule has 0 fully saturated rings. The summed E-state index contributed by atoms with van der Waals surface area (Å²) < 4.78 is 1.77. The van der Waals surface area contributed by atoms with Crippen LogP contribution in [-0.4, -0.2) is 15.8 Å². The van der Waals surface area contributed by atoms with Gasteiger partial charge in [0.15, 0.2) is 17.3 Å². The normalized spacial score (nSPS) is 10.1. The summed E-state index contributed by atoms with van der Waals surface area (Å²) >= 11 is 5.70. The Morgan fingerprint density at radius 1 is 1.73 bits per heavy atom. The molecular formula is C7H9ClN2O. The highest BCUT2D eigenvalue weighted by Gasteiger charge is 2.08. The molecule has 1 aromatic rings. The zero-order valence-corrected chi connectivity index (χ0v) is 7.22. The number of rotatable bonds is 2. The molecule has 0 unspecified atom stereocenters. The molecule has 1 heterocycles. The molecule has 0 saturated carbocycles. The van der Waals surface area contributed by atoms with Crippen LogP contribution >= 0.6 is 11.6 Å². The summed E-state index contributed by atoms with van der Waals surface area (Å²) in [5, 5.41) is 0.411. The van der Waals surface area contributed by atoms with Gasteiger partial charge >= 0.3 is 0 Å². The molecule has 0 saturated heterocycles. The van der Waals surface area contributed by atoms with Gasteiger partial charge in [-0.1, -0.05) is 11.6 Å². The Balaban J connectivity index is 3.26. The lowest BCUT2D eigenvalue weighted by Crippen LogP contribution is -2.01. The smallest absolute Gasteiger partial charge is 0.185 e. The third kappa shape index (κ3) is 1.28. The van der Waals surface area contributed by atoms with Crippen molar-refractivity contribution in [3.63, 3.8) is 0 Å². The van der Waals surface area contributed by atoms with Gasteiger partial charge in [0, 0.05) is 6.54 Å². The van der Waals surface area contributed by atoms with Crippen molar-refractivity contribution < 1.29 is 4.79 Å². The van der Waals surface area contributed by atoms with Crippen LogP contribution in [0.5, 0.6) is 0 Å². The van der Waals surface area contributed by atoms with Crippen LogP contribution in [-0.2, 0) is 6.54 Å². The first-order chi connectivity index (χ1) is 5.20. The fraction of sp³-hybridized carbons (Fsp3) is 0.429. The number of imidazole rings is 1. The summed E-state index contributed by atoms with van der Waals surface area (Å²) in [6.07, 6.45) is 0.711. The maximum Gasteiger partial charge on any atom is 0.185 e. The molecule has 0 atom stereocenters. The molecule has 1 aromatic heterocycles. The number of hydrogen-bond acceptors (Lipinski definition) is 2. The topological polar surface area (TPSA) is 34.9 Å². The summed E-state index contributed by atoms with van der Waals surface area (Å²) in [5.74, 6) is 0.398. The van der Waals surface area contributed by atoms with E-state index in [4.69, 9.17) is 11.6 Å². The van der Waals surface area contributed by atoms with E-state index in [9.17, 15) is 4.79 Å². The number of carbonyl (C=O) groups is 1. The first-order valence-electron chi connectivity index (χ1n) is 3.38. The molecule has 0 radical (unpaired) electrons. The molecule has 0 aliphatic rings. The average molecular weight is 173 g/mol. The highest BCUT2D eigenvalue weighted by molar-refractivity contribution is 6.30. The highest BCUT2D eigenvalue weighted by atomic mass is 35.5. The lowest BCUT2D eigenvalue weighted by atomic mass is 10.5. The largest absolute Gasteiger partial charge is 0.325 e. The molecule has 3 nitrogen and oxygen atoms in total. The molecule has 0 aliphatic carbocycles. The molecule has 0 amide bonds. The first-order valence-corrected chi connectivity index (χ1v) is 3.76. The van der Waals surface area contributed by atoms with Gasteiger partial charge in [-0.15, -0.1) is 0 Å². The molecule has 0 aromatic carbocycles. The molecule has 0 aliphatic heterocycles. The van der Waals surface area contributed by atoms with E-state index in [2.05, 4.69) is 4.98 Å². The predicted molar refractivity (Wildman–Crippen MR) is 43.0 cm³/mol. The van der Waals surface area contributed by atoms with Crippen LogP contribution in [0.3, 0.4) is 0 Å². The fourth-order valence-corrected chi connectivity index (χ4v) is 1.20. The average Bonchev–Trinajstić information content (AvgIpc) is 2.28. The van der Waals surface area contributed by atoms with E-state index < -0.39 is 0 Å². The van der Waals surface area contributed by atoms with Crippen molar-refractivity contribution in [2.45, 2.75) is 20.4 Å². The number of carbonyl (C=O) groups excluding carboxylic acids is 1. The van der Waals surface area contributed by atoms with Crippen molar-refractivity contribution >= 4 is 17.9 Å². The number of halogens is 1. The second-order valence-electron chi connectivity index (χ2n) is 2.21. The van der Waals surface area contributed by atoms with Crippen molar-refractivity contribution in [2.24, 2.45) is 0 Å². The van der Waals surface area contributed by atoms with Crippen LogP contribution < -0.4 is 0 Å². The van der Waals surface area contributed by atoms with Crippen LogP contribution in [0.2, 0.25) is 5.15 Å². The first kappa shape index (κ1) is 8.27. The monoisotopic (exact) mass is 172 g/mol. The van der Waals surface area contributed by atoms with Crippen LogP contribution in [0.1, 0.15) is 23.2 Å². The second-order valence-corrected chi connectivity index (χ2v) is 2.57. The summed E-state index contributed by atoms with van der Waals surface area (Å²) in [4.78, 5) is 14.3. The van der Waals surface area contributed by atoms with Crippen molar-refractivity contribution in [2.75, 3.05) is 0 Å². The maximum absolute atomic E-state index is 10.4. The van der Waals surface area contributed by atoms with E-state index in [1.807, 2.05) is 13.8 Å². The van der Waals surface area contributed by atoms with Crippen molar-refractivity contribution in [3.05, 3.63) is 16.7 Å². The summed E-state index contributed by atoms with van der Waals surface area (Å²) in [6.45, 7) is 4.50. The Morgan fingerprint density at radius 2 is 2.36 bits per heavy atom. The fourth-order valence-electron chi connectivity index (χ4n) is 1.01. The number of hydrogen-bond donors (Lipinski definition) is 0. The molecular weight excluding hydrogens is 164 g/mol. The lowest BCUT2D eigenvalue weighted by molar-refractivity contribution is 0.111. The van der Waals surface area contributed by atoms with Crippen molar-refractivity contribution in [3.8, 4) is 0 Å². The van der Waals surface area contributed by atoms with Crippen LogP contribution in [0.25, 0.3) is 0 Å². The summed E-state index contributed by atoms with van der Waals surface area (Å²) in [6, 6.07) is 0. The quantitative estimate of drug-likeness (QED) is 0.637. The number of aromatic nitrogens is 2. The maximum atomic E-state index is 10.4. The Hall–Kier alpha value is -0.830. The molecule has 0 bridgehead atoms. The van der Waals surface area contributed by atoms with Gasteiger partial charge in [0.2, 0.25) is 0 Å². The molecule has 4 heteroatoms. The van der Waals surface area contributed by atoms with Gasteiger partial charge < -0.3 is 4.57 Å². The molecule has 60 valence electrons. The van der Waals surface area contributed by atoms with Crippen LogP contribution in [0.15, 0.2) is 0 Å². The minimum absolute atomic E-state index is 0.398. The number of aldehydes is 1. The Kier molecular flexibility index (Phi) is 2.29. The van der Waals surface area contributed by atoms with Gasteiger partial charge in [-0.05, 0) is 13.8 Å². The Labute approximate surface area is 70.0 Å². The van der Waals surface area contributed by atoms with E-state index in [1.165, 1.54) is 0 Å². The zero-order valence-electron chi connectivity index (χ0n) is 6.47. The Morgan fingerprint density at radius 3 is 2.73 bits per heavy atom. The molecule has 0 N–H and O–H groups in total. The zero-order chi connectivity index (χ0) is 8.43. The summed E-state index contributed by atoms with van der Waals surface area (Å²) in [5.41, 5.74) is 0.844. The third-order valence-electron chi connectivity index (χ3n) is 1.61. The van der Waals surface area contributed by atoms with Gasteiger partial charge in [0.1, 0.15) is 0 Å². The van der Waals surface area contributed by atoms with Gasteiger partial charge in [-0.3, -0.25) is 4.79 Å². The predicted octanol–water partition coefficient (Wildman–Crippen LogP) is 1.68. The van der Waals surface area contributed by atoms with E-state index in [1.54, 1.807) is 4.57 Å².